The van der Waals surface area contributed by atoms with Crippen LogP contribution in [0.3, 0.4) is 0 Å². The minimum atomic E-state index is -0.0159. The zero-order valence-electron chi connectivity index (χ0n) is 10.6. The van der Waals surface area contributed by atoms with Gasteiger partial charge in [-0.25, -0.2) is 0 Å². The van der Waals surface area contributed by atoms with E-state index in [1.54, 1.807) is 12.1 Å². The third kappa shape index (κ3) is 3.16. The van der Waals surface area contributed by atoms with Crippen LogP contribution in [0.25, 0.3) is 0 Å². The smallest absolute Gasteiger partial charge is 0.124 e. The summed E-state index contributed by atoms with van der Waals surface area (Å²) in [6, 6.07) is 5.33. The second kappa shape index (κ2) is 5.61. The van der Waals surface area contributed by atoms with E-state index in [2.05, 4.69) is 6.92 Å². The molecule has 0 radical (unpaired) electrons. The van der Waals surface area contributed by atoms with Gasteiger partial charge in [-0.15, -0.1) is 0 Å². The van der Waals surface area contributed by atoms with Crippen molar-refractivity contribution in [3.63, 3.8) is 0 Å². The molecule has 0 bridgehead atoms. The molecule has 1 aliphatic carbocycles. The van der Waals surface area contributed by atoms with Crippen LogP contribution in [0.15, 0.2) is 18.2 Å². The average Bonchev–Trinajstić information content (AvgIpc) is 2.28. The summed E-state index contributed by atoms with van der Waals surface area (Å²) in [5, 5.41) is 7.85. The van der Waals surface area contributed by atoms with Crippen molar-refractivity contribution in [2.24, 2.45) is 11.7 Å². The number of rotatable bonds is 3. The molecule has 4 heteroatoms. The maximum absolute atomic E-state index is 7.38. The molecular weight excluding hydrogens is 248 g/mol. The van der Waals surface area contributed by atoms with Gasteiger partial charge >= 0.3 is 0 Å². The van der Waals surface area contributed by atoms with Crippen LogP contribution < -0.4 is 10.5 Å². The van der Waals surface area contributed by atoms with E-state index < -0.39 is 0 Å². The monoisotopic (exact) mass is 266 g/mol. The maximum Gasteiger partial charge on any atom is 0.124 e. The Morgan fingerprint density at radius 1 is 1.44 bits per heavy atom. The van der Waals surface area contributed by atoms with Gasteiger partial charge in [0.05, 0.1) is 11.1 Å². The molecule has 2 atom stereocenters. The fourth-order valence-corrected chi connectivity index (χ4v) is 2.74. The van der Waals surface area contributed by atoms with E-state index in [1.165, 1.54) is 12.8 Å². The van der Waals surface area contributed by atoms with Gasteiger partial charge in [-0.05, 0) is 43.4 Å². The van der Waals surface area contributed by atoms with Crippen molar-refractivity contribution in [2.45, 2.75) is 38.7 Å². The zero-order valence-corrected chi connectivity index (χ0v) is 11.3. The molecule has 2 unspecified atom stereocenters. The molecule has 2 rings (SSSR count). The van der Waals surface area contributed by atoms with Crippen LogP contribution in [0.4, 0.5) is 0 Å². The topological polar surface area (TPSA) is 59.1 Å². The lowest BCUT2D eigenvalue weighted by Gasteiger charge is -2.27. The Labute approximate surface area is 113 Å². The molecule has 1 fully saturated rings. The SMILES string of the molecule is CC1CCCC(Oc2ccc(C(=N)N)c(Cl)c2)C1. The summed E-state index contributed by atoms with van der Waals surface area (Å²) < 4.78 is 5.95. The van der Waals surface area contributed by atoms with Gasteiger partial charge in [0.15, 0.2) is 0 Å². The standard InChI is InChI=1S/C14H19ClN2O/c1-9-3-2-4-10(7-9)18-11-5-6-12(14(16)17)13(15)8-11/h5-6,8-10H,2-4,7H2,1H3,(H3,16,17). The third-order valence-corrected chi connectivity index (χ3v) is 3.73. The summed E-state index contributed by atoms with van der Waals surface area (Å²) in [4.78, 5) is 0. The predicted molar refractivity (Wildman–Crippen MR) is 74.5 cm³/mol. The Morgan fingerprint density at radius 3 is 2.83 bits per heavy atom. The Morgan fingerprint density at radius 2 is 2.22 bits per heavy atom. The van der Waals surface area contributed by atoms with Gasteiger partial charge in [-0.1, -0.05) is 24.9 Å². The first-order chi connectivity index (χ1) is 8.56. The van der Waals surface area contributed by atoms with Gasteiger partial charge in [0.25, 0.3) is 0 Å². The van der Waals surface area contributed by atoms with E-state index >= 15 is 0 Å². The molecule has 0 spiro atoms. The number of nitrogen functional groups attached to an aromatic ring is 1. The van der Waals surface area contributed by atoms with E-state index in [9.17, 15) is 0 Å². The number of hydrogen-bond acceptors (Lipinski definition) is 2. The summed E-state index contributed by atoms with van der Waals surface area (Å²) in [5.41, 5.74) is 5.98. The molecule has 3 N–H and O–H groups in total. The van der Waals surface area contributed by atoms with Crippen molar-refractivity contribution in [1.82, 2.24) is 0 Å². The van der Waals surface area contributed by atoms with Gasteiger partial charge in [-0.3, -0.25) is 5.41 Å². The molecule has 18 heavy (non-hydrogen) atoms. The second-order valence-corrected chi connectivity index (χ2v) is 5.47. The zero-order chi connectivity index (χ0) is 13.1. The van der Waals surface area contributed by atoms with E-state index in [0.717, 1.165) is 24.5 Å². The Bertz CT molecular complexity index is 447. The van der Waals surface area contributed by atoms with Crippen LogP contribution in [0.2, 0.25) is 5.02 Å². The van der Waals surface area contributed by atoms with E-state index in [0.29, 0.717) is 10.6 Å². The van der Waals surface area contributed by atoms with Crippen molar-refractivity contribution in [2.75, 3.05) is 0 Å². The van der Waals surface area contributed by atoms with Crippen LogP contribution in [0.1, 0.15) is 38.2 Å². The third-order valence-electron chi connectivity index (χ3n) is 3.42. The minimum absolute atomic E-state index is 0.0159. The molecule has 3 nitrogen and oxygen atoms in total. The number of amidine groups is 1. The molecule has 1 aromatic carbocycles. The molecule has 1 aliphatic rings. The fourth-order valence-electron chi connectivity index (χ4n) is 2.47. The Hall–Kier alpha value is -1.22. The normalized spacial score (nSPS) is 23.7. The second-order valence-electron chi connectivity index (χ2n) is 5.07. The summed E-state index contributed by atoms with van der Waals surface area (Å²) in [7, 11) is 0. The van der Waals surface area contributed by atoms with Crippen molar-refractivity contribution in [3.05, 3.63) is 28.8 Å². The first kappa shape index (κ1) is 13.2. The fraction of sp³-hybridized carbons (Fsp3) is 0.500. The molecule has 1 saturated carbocycles. The highest BCUT2D eigenvalue weighted by Crippen LogP contribution is 2.29. The number of hydrogen-bond donors (Lipinski definition) is 2. The first-order valence-corrected chi connectivity index (χ1v) is 6.74. The van der Waals surface area contributed by atoms with Gasteiger partial charge in [0.1, 0.15) is 11.6 Å². The lowest BCUT2D eigenvalue weighted by atomic mass is 9.89. The highest BCUT2D eigenvalue weighted by molar-refractivity contribution is 6.34. The molecule has 1 aromatic rings. The number of nitrogens with one attached hydrogen (secondary N) is 1. The van der Waals surface area contributed by atoms with Crippen molar-refractivity contribution in [1.29, 1.82) is 5.41 Å². The molecule has 0 heterocycles. The maximum atomic E-state index is 7.38. The van der Waals surface area contributed by atoms with Gasteiger partial charge in [0, 0.05) is 5.56 Å². The van der Waals surface area contributed by atoms with Gasteiger partial charge < -0.3 is 10.5 Å². The predicted octanol–water partition coefficient (Wildman–Crippen LogP) is 3.58. The van der Waals surface area contributed by atoms with Crippen LogP contribution >= 0.6 is 11.6 Å². The van der Waals surface area contributed by atoms with Crippen LogP contribution in [0, 0.1) is 11.3 Å². The summed E-state index contributed by atoms with van der Waals surface area (Å²) >= 11 is 6.07. The highest BCUT2D eigenvalue weighted by atomic mass is 35.5. The minimum Gasteiger partial charge on any atom is -0.490 e. The van der Waals surface area contributed by atoms with Gasteiger partial charge in [-0.2, -0.15) is 0 Å². The molecule has 0 amide bonds. The Balaban J connectivity index is 2.05. The first-order valence-electron chi connectivity index (χ1n) is 6.37. The Kier molecular flexibility index (Phi) is 4.12. The largest absolute Gasteiger partial charge is 0.490 e. The van der Waals surface area contributed by atoms with Crippen LogP contribution in [-0.2, 0) is 0 Å². The summed E-state index contributed by atoms with van der Waals surface area (Å²) in [6.45, 7) is 2.27. The van der Waals surface area contributed by atoms with E-state index in [1.807, 2.05) is 6.07 Å². The summed E-state index contributed by atoms with van der Waals surface area (Å²) in [6.07, 6.45) is 5.02. The highest BCUT2D eigenvalue weighted by Gasteiger charge is 2.20. The number of ether oxygens (including phenoxy) is 1. The van der Waals surface area contributed by atoms with Crippen LogP contribution in [-0.4, -0.2) is 11.9 Å². The number of nitrogens with two attached hydrogens (primary N) is 1. The molecule has 98 valence electrons. The van der Waals surface area contributed by atoms with E-state index in [4.69, 9.17) is 27.5 Å². The van der Waals surface area contributed by atoms with Crippen molar-refractivity contribution in [3.8, 4) is 5.75 Å². The molecule has 0 aliphatic heterocycles. The van der Waals surface area contributed by atoms with Crippen molar-refractivity contribution < 1.29 is 4.74 Å². The molecule has 0 saturated heterocycles. The average molecular weight is 267 g/mol. The summed E-state index contributed by atoms with van der Waals surface area (Å²) in [5.74, 6) is 1.48. The van der Waals surface area contributed by atoms with Crippen LogP contribution in [0.5, 0.6) is 5.75 Å². The molecular formula is C14H19ClN2O. The number of halogens is 1. The quantitative estimate of drug-likeness (QED) is 0.649. The molecule has 0 aromatic heterocycles. The van der Waals surface area contributed by atoms with Gasteiger partial charge in [0.2, 0.25) is 0 Å². The van der Waals surface area contributed by atoms with Crippen molar-refractivity contribution >= 4 is 17.4 Å². The lowest BCUT2D eigenvalue weighted by Crippen LogP contribution is -2.24. The van der Waals surface area contributed by atoms with E-state index in [-0.39, 0.29) is 11.9 Å². The lowest BCUT2D eigenvalue weighted by molar-refractivity contribution is 0.129. The number of benzene rings is 1.